The Morgan fingerprint density at radius 2 is 2.00 bits per heavy atom. The molecule has 0 saturated carbocycles. The summed E-state index contributed by atoms with van der Waals surface area (Å²) in [6.45, 7) is 1.87. The van der Waals surface area contributed by atoms with Crippen molar-refractivity contribution < 1.29 is 9.18 Å². The molecule has 0 atom stereocenters. The number of carbonyl (C=O) groups is 1. The van der Waals surface area contributed by atoms with Gasteiger partial charge in [-0.1, -0.05) is 11.6 Å². The first-order valence-corrected chi connectivity index (χ1v) is 6.95. The monoisotopic (exact) mass is 389 g/mol. The predicted octanol–water partition coefficient (Wildman–Crippen LogP) is 4.64. The fourth-order valence-electron chi connectivity index (χ4n) is 1.65. The van der Waals surface area contributed by atoms with Crippen LogP contribution < -0.4 is 5.32 Å². The van der Waals surface area contributed by atoms with Crippen molar-refractivity contribution in [3.05, 3.63) is 61.9 Å². The Labute approximate surface area is 129 Å². The lowest BCUT2D eigenvalue weighted by molar-refractivity contribution is 0.102. The van der Waals surface area contributed by atoms with Crippen molar-refractivity contribution in [2.24, 2.45) is 0 Å². The number of nitrogens with one attached hydrogen (secondary N) is 1. The number of carbonyl (C=O) groups excluding carboxylic acids is 1. The van der Waals surface area contributed by atoms with Gasteiger partial charge in [0.05, 0.1) is 5.69 Å². The quantitative estimate of drug-likeness (QED) is 0.745. The molecule has 0 unspecified atom stereocenters. The van der Waals surface area contributed by atoms with Crippen molar-refractivity contribution in [2.45, 2.75) is 6.92 Å². The average molecular weight is 390 g/mol. The second kappa shape index (κ2) is 5.88. The van der Waals surface area contributed by atoms with E-state index in [9.17, 15) is 9.18 Å². The van der Waals surface area contributed by atoms with E-state index in [1.54, 1.807) is 18.2 Å². The minimum absolute atomic E-state index is 0.268. The minimum atomic E-state index is -0.332. The highest BCUT2D eigenvalue weighted by Gasteiger charge is 2.10. The second-order valence-electron chi connectivity index (χ2n) is 4.10. The first-order valence-electron chi connectivity index (χ1n) is 5.49. The smallest absolute Gasteiger partial charge is 0.255 e. The zero-order chi connectivity index (χ0) is 14.0. The lowest BCUT2D eigenvalue weighted by Gasteiger charge is -2.08. The van der Waals surface area contributed by atoms with Gasteiger partial charge in [-0.05, 0) is 71.5 Å². The standard InChI is InChI=1S/C14H10ClFINO/c1-8-4-9(6-10(15)5-8)14(19)18-13-3-2-11(16)7-12(13)17/h2-7H,1H3,(H,18,19). The van der Waals surface area contributed by atoms with Crippen LogP contribution in [0.2, 0.25) is 5.02 Å². The predicted molar refractivity (Wildman–Crippen MR) is 83.3 cm³/mol. The Balaban J connectivity index is 2.25. The molecule has 0 fully saturated rings. The number of rotatable bonds is 2. The molecule has 1 amide bonds. The molecule has 0 aliphatic heterocycles. The zero-order valence-electron chi connectivity index (χ0n) is 10.0. The maximum absolute atomic E-state index is 13.0. The Morgan fingerprint density at radius 3 is 2.63 bits per heavy atom. The van der Waals surface area contributed by atoms with E-state index in [0.717, 1.165) is 5.56 Å². The van der Waals surface area contributed by atoms with Crippen LogP contribution in [0.15, 0.2) is 36.4 Å². The van der Waals surface area contributed by atoms with Crippen LogP contribution in [-0.2, 0) is 0 Å². The molecular formula is C14H10ClFINO. The van der Waals surface area contributed by atoms with E-state index in [2.05, 4.69) is 5.32 Å². The molecule has 0 aliphatic carbocycles. The molecule has 0 saturated heterocycles. The van der Waals surface area contributed by atoms with Crippen LogP contribution >= 0.6 is 34.2 Å². The molecule has 0 bridgehead atoms. The molecule has 5 heteroatoms. The Morgan fingerprint density at radius 1 is 1.26 bits per heavy atom. The number of halogens is 3. The van der Waals surface area contributed by atoms with Crippen molar-refractivity contribution in [1.29, 1.82) is 0 Å². The van der Waals surface area contributed by atoms with Crippen LogP contribution in [0.5, 0.6) is 0 Å². The Hall–Kier alpha value is -1.14. The highest BCUT2D eigenvalue weighted by molar-refractivity contribution is 14.1. The summed E-state index contributed by atoms with van der Waals surface area (Å²) in [5.74, 6) is -0.601. The van der Waals surface area contributed by atoms with Crippen molar-refractivity contribution in [3.63, 3.8) is 0 Å². The van der Waals surface area contributed by atoms with Crippen molar-refractivity contribution in [1.82, 2.24) is 0 Å². The van der Waals surface area contributed by atoms with E-state index in [4.69, 9.17) is 11.6 Å². The minimum Gasteiger partial charge on any atom is -0.321 e. The van der Waals surface area contributed by atoms with Crippen LogP contribution in [0.25, 0.3) is 0 Å². The lowest BCUT2D eigenvalue weighted by Crippen LogP contribution is -2.13. The highest BCUT2D eigenvalue weighted by atomic mass is 127. The topological polar surface area (TPSA) is 29.1 Å². The number of amides is 1. The van der Waals surface area contributed by atoms with Gasteiger partial charge in [-0.2, -0.15) is 0 Å². The summed E-state index contributed by atoms with van der Waals surface area (Å²) in [4.78, 5) is 12.1. The van der Waals surface area contributed by atoms with Crippen LogP contribution in [0, 0.1) is 16.3 Å². The average Bonchev–Trinajstić information content (AvgIpc) is 2.31. The van der Waals surface area contributed by atoms with Crippen LogP contribution in [0.4, 0.5) is 10.1 Å². The summed E-state index contributed by atoms with van der Waals surface area (Å²) in [5, 5.41) is 3.25. The van der Waals surface area contributed by atoms with Crippen molar-refractivity contribution in [3.8, 4) is 0 Å². The van der Waals surface area contributed by atoms with Gasteiger partial charge in [0.2, 0.25) is 0 Å². The molecule has 0 spiro atoms. The SMILES string of the molecule is Cc1cc(Cl)cc(C(=O)Nc2ccc(F)cc2I)c1. The van der Waals surface area contributed by atoms with E-state index >= 15 is 0 Å². The van der Waals surface area contributed by atoms with Gasteiger partial charge in [-0.15, -0.1) is 0 Å². The number of hydrogen-bond donors (Lipinski definition) is 1. The third-order valence-corrected chi connectivity index (χ3v) is 3.59. The third-order valence-electron chi connectivity index (χ3n) is 2.48. The van der Waals surface area contributed by atoms with E-state index in [-0.39, 0.29) is 11.7 Å². The molecule has 0 radical (unpaired) electrons. The van der Waals surface area contributed by atoms with Gasteiger partial charge in [0.25, 0.3) is 5.91 Å². The molecular weight excluding hydrogens is 380 g/mol. The summed E-state index contributed by atoms with van der Waals surface area (Å²) in [7, 11) is 0. The summed E-state index contributed by atoms with van der Waals surface area (Å²) >= 11 is 7.89. The molecule has 98 valence electrons. The molecule has 2 nitrogen and oxygen atoms in total. The largest absolute Gasteiger partial charge is 0.321 e. The maximum Gasteiger partial charge on any atom is 0.255 e. The first-order chi connectivity index (χ1) is 8.95. The molecule has 19 heavy (non-hydrogen) atoms. The van der Waals surface area contributed by atoms with Gasteiger partial charge in [0.1, 0.15) is 5.82 Å². The number of aryl methyl sites for hydroxylation is 1. The maximum atomic E-state index is 13.0. The third kappa shape index (κ3) is 3.67. The lowest BCUT2D eigenvalue weighted by atomic mass is 10.1. The van der Waals surface area contributed by atoms with E-state index in [0.29, 0.717) is 19.8 Å². The molecule has 0 aromatic heterocycles. The molecule has 0 aliphatic rings. The molecule has 0 heterocycles. The van der Waals surface area contributed by atoms with Gasteiger partial charge in [0.15, 0.2) is 0 Å². The fourth-order valence-corrected chi connectivity index (χ4v) is 2.55. The van der Waals surface area contributed by atoms with Gasteiger partial charge in [-0.25, -0.2) is 4.39 Å². The van der Waals surface area contributed by atoms with Gasteiger partial charge in [-0.3, -0.25) is 4.79 Å². The Bertz CT molecular complexity index is 625. The number of anilines is 1. The summed E-state index contributed by atoms with van der Waals surface area (Å²) in [6, 6.07) is 9.32. The second-order valence-corrected chi connectivity index (χ2v) is 5.69. The van der Waals surface area contributed by atoms with Crippen LogP contribution in [-0.4, -0.2) is 5.91 Å². The molecule has 2 aromatic rings. The van der Waals surface area contributed by atoms with Crippen LogP contribution in [0.1, 0.15) is 15.9 Å². The van der Waals surface area contributed by atoms with Gasteiger partial charge >= 0.3 is 0 Å². The normalized spacial score (nSPS) is 10.3. The van der Waals surface area contributed by atoms with E-state index in [1.807, 2.05) is 29.5 Å². The summed E-state index contributed by atoms with van der Waals surface area (Å²) < 4.78 is 13.6. The summed E-state index contributed by atoms with van der Waals surface area (Å²) in [6.07, 6.45) is 0. The first kappa shape index (κ1) is 14.3. The Kier molecular flexibility index (Phi) is 4.42. The molecule has 2 aromatic carbocycles. The fraction of sp³-hybridized carbons (Fsp3) is 0.0714. The highest BCUT2D eigenvalue weighted by Crippen LogP contribution is 2.21. The molecule has 2 rings (SSSR count). The number of hydrogen-bond acceptors (Lipinski definition) is 1. The van der Waals surface area contributed by atoms with Crippen LogP contribution in [0.3, 0.4) is 0 Å². The summed E-state index contributed by atoms with van der Waals surface area (Å²) in [5.41, 5.74) is 1.96. The van der Waals surface area contributed by atoms with Gasteiger partial charge in [0, 0.05) is 14.2 Å². The van der Waals surface area contributed by atoms with Crippen molar-refractivity contribution >= 4 is 45.8 Å². The molecule has 1 N–H and O–H groups in total. The van der Waals surface area contributed by atoms with Gasteiger partial charge < -0.3 is 5.32 Å². The zero-order valence-corrected chi connectivity index (χ0v) is 12.9. The number of benzene rings is 2. The van der Waals surface area contributed by atoms with Crippen molar-refractivity contribution in [2.75, 3.05) is 5.32 Å². The van der Waals surface area contributed by atoms with E-state index < -0.39 is 0 Å². The van der Waals surface area contributed by atoms with E-state index in [1.165, 1.54) is 18.2 Å².